The first kappa shape index (κ1) is 32.6. The van der Waals surface area contributed by atoms with Crippen molar-refractivity contribution >= 4 is 44.8 Å². The van der Waals surface area contributed by atoms with Crippen molar-refractivity contribution in [3.05, 3.63) is 99.5 Å². The highest BCUT2D eigenvalue weighted by Crippen LogP contribution is 2.37. The van der Waals surface area contributed by atoms with Gasteiger partial charge in [-0.15, -0.1) is 0 Å². The standard InChI is InChI=1S/C33H39Cl2N3O5S/c1-32(2,3)43-31(39)37-17-15-36(16-18-37)29-6-4-5-24(19-29)20-44(41,42)23-33(40)21-38(22-33)30(25-7-11-27(34)12-8-25)26-9-13-28(35)14-10-26/h4-14,19,30,40H,15-18,20-23H2,1-3H3. The van der Waals surface area contributed by atoms with Crippen LogP contribution in [0.15, 0.2) is 72.8 Å². The number of nitrogens with zero attached hydrogens (tertiary/aromatic N) is 3. The number of carbonyl (C=O) groups is 1. The van der Waals surface area contributed by atoms with Crippen molar-refractivity contribution in [2.75, 3.05) is 49.9 Å². The van der Waals surface area contributed by atoms with E-state index in [4.69, 9.17) is 27.9 Å². The SMILES string of the molecule is CC(C)(C)OC(=O)N1CCN(c2cccc(CS(=O)(=O)CC3(O)CN(C(c4ccc(Cl)cc4)c4ccc(Cl)cc4)C3)c2)CC1. The number of ether oxygens (including phenoxy) is 1. The molecule has 236 valence electrons. The van der Waals surface area contributed by atoms with Crippen molar-refractivity contribution in [3.8, 4) is 0 Å². The minimum atomic E-state index is -3.63. The summed E-state index contributed by atoms with van der Waals surface area (Å²) in [5.74, 6) is -0.498. The monoisotopic (exact) mass is 659 g/mol. The van der Waals surface area contributed by atoms with E-state index in [-0.39, 0.29) is 36.7 Å². The lowest BCUT2D eigenvalue weighted by Crippen LogP contribution is -2.65. The largest absolute Gasteiger partial charge is 0.444 e. The lowest BCUT2D eigenvalue weighted by atomic mass is 9.88. The molecular weight excluding hydrogens is 621 g/mol. The number of halogens is 2. The summed E-state index contributed by atoms with van der Waals surface area (Å²) in [5.41, 5.74) is 1.65. The topological polar surface area (TPSA) is 90.4 Å². The van der Waals surface area contributed by atoms with Gasteiger partial charge in [0, 0.05) is 55.0 Å². The molecule has 0 saturated carbocycles. The number of rotatable bonds is 8. The Morgan fingerprint density at radius 3 is 1.98 bits per heavy atom. The smallest absolute Gasteiger partial charge is 0.410 e. The normalized spacial score (nSPS) is 17.4. The molecule has 1 amide bonds. The minimum absolute atomic E-state index is 0.168. The summed E-state index contributed by atoms with van der Waals surface area (Å²) in [4.78, 5) is 18.3. The molecular formula is C33H39Cl2N3O5S. The van der Waals surface area contributed by atoms with Gasteiger partial charge in [-0.2, -0.15) is 0 Å². The van der Waals surface area contributed by atoms with Gasteiger partial charge < -0.3 is 19.6 Å². The van der Waals surface area contributed by atoms with Crippen molar-refractivity contribution in [1.82, 2.24) is 9.80 Å². The third kappa shape index (κ3) is 8.25. The Balaban J connectivity index is 1.20. The van der Waals surface area contributed by atoms with E-state index in [0.29, 0.717) is 41.8 Å². The van der Waals surface area contributed by atoms with Crippen LogP contribution in [0.4, 0.5) is 10.5 Å². The van der Waals surface area contributed by atoms with Crippen LogP contribution >= 0.6 is 23.2 Å². The lowest BCUT2D eigenvalue weighted by molar-refractivity contribution is -0.0937. The fourth-order valence-electron chi connectivity index (χ4n) is 5.92. The Kier molecular flexibility index (Phi) is 9.54. The fraction of sp³-hybridized carbons (Fsp3) is 0.424. The number of benzene rings is 3. The molecule has 2 aliphatic rings. The lowest BCUT2D eigenvalue weighted by Gasteiger charge is -2.50. The Hall–Kier alpha value is -2.82. The molecule has 0 aliphatic carbocycles. The van der Waals surface area contributed by atoms with Crippen molar-refractivity contribution in [2.45, 2.75) is 43.8 Å². The molecule has 2 aliphatic heterocycles. The first-order valence-electron chi connectivity index (χ1n) is 14.7. The fourth-order valence-corrected chi connectivity index (χ4v) is 7.96. The van der Waals surface area contributed by atoms with E-state index in [0.717, 1.165) is 16.8 Å². The summed E-state index contributed by atoms with van der Waals surface area (Å²) >= 11 is 12.3. The highest BCUT2D eigenvalue weighted by Gasteiger charge is 2.47. The zero-order valence-corrected chi connectivity index (χ0v) is 27.6. The molecule has 0 spiro atoms. The second-order valence-corrected chi connectivity index (χ2v) is 15.7. The van der Waals surface area contributed by atoms with Gasteiger partial charge in [0.05, 0.1) is 17.5 Å². The quantitative estimate of drug-likeness (QED) is 0.327. The minimum Gasteiger partial charge on any atom is -0.444 e. The predicted molar refractivity (Wildman–Crippen MR) is 175 cm³/mol. The average Bonchev–Trinajstić information content (AvgIpc) is 2.93. The zero-order valence-electron chi connectivity index (χ0n) is 25.2. The molecule has 0 radical (unpaired) electrons. The maximum absolute atomic E-state index is 13.3. The number of β-amino-alcohol motifs (C(OH)–C–C–N with tert-alkyl or cyclic N) is 1. The van der Waals surface area contributed by atoms with E-state index in [1.807, 2.05) is 87.5 Å². The maximum Gasteiger partial charge on any atom is 0.410 e. The molecule has 2 fully saturated rings. The number of anilines is 1. The number of hydrogen-bond acceptors (Lipinski definition) is 7. The molecule has 1 N–H and O–H groups in total. The van der Waals surface area contributed by atoms with Gasteiger partial charge >= 0.3 is 6.09 Å². The van der Waals surface area contributed by atoms with Gasteiger partial charge in [0.2, 0.25) is 0 Å². The van der Waals surface area contributed by atoms with Gasteiger partial charge in [0.1, 0.15) is 11.2 Å². The number of hydrogen-bond donors (Lipinski definition) is 1. The molecule has 3 aromatic carbocycles. The predicted octanol–water partition coefficient (Wildman–Crippen LogP) is 5.80. The van der Waals surface area contributed by atoms with E-state index in [1.54, 1.807) is 11.0 Å². The Bertz CT molecular complexity index is 1520. The van der Waals surface area contributed by atoms with Crippen LogP contribution in [0.25, 0.3) is 0 Å². The summed E-state index contributed by atoms with van der Waals surface area (Å²) in [5, 5.41) is 12.6. The van der Waals surface area contributed by atoms with E-state index < -0.39 is 21.0 Å². The van der Waals surface area contributed by atoms with E-state index in [2.05, 4.69) is 9.80 Å². The third-order valence-electron chi connectivity index (χ3n) is 7.81. The van der Waals surface area contributed by atoms with Crippen LogP contribution in [0, 0.1) is 0 Å². The molecule has 0 unspecified atom stereocenters. The summed E-state index contributed by atoms with van der Waals surface area (Å²) in [6, 6.07) is 22.4. The molecule has 44 heavy (non-hydrogen) atoms. The van der Waals surface area contributed by atoms with Crippen molar-refractivity contribution in [3.63, 3.8) is 0 Å². The molecule has 8 nitrogen and oxygen atoms in total. The Labute approximate surface area is 270 Å². The molecule has 2 saturated heterocycles. The Morgan fingerprint density at radius 2 is 1.45 bits per heavy atom. The van der Waals surface area contributed by atoms with Crippen LogP contribution in [0.2, 0.25) is 10.0 Å². The zero-order chi connectivity index (χ0) is 31.7. The number of sulfone groups is 1. The van der Waals surface area contributed by atoms with E-state index in [1.165, 1.54) is 0 Å². The number of likely N-dealkylation sites (tertiary alicyclic amines) is 1. The average molecular weight is 661 g/mol. The van der Waals surface area contributed by atoms with Gasteiger partial charge in [-0.05, 0) is 73.9 Å². The second kappa shape index (κ2) is 12.9. The third-order valence-corrected chi connectivity index (χ3v) is 10.1. The Morgan fingerprint density at radius 1 is 0.909 bits per heavy atom. The van der Waals surface area contributed by atoms with Crippen molar-refractivity contribution < 1.29 is 23.1 Å². The highest BCUT2D eigenvalue weighted by molar-refractivity contribution is 7.90. The first-order valence-corrected chi connectivity index (χ1v) is 17.3. The van der Waals surface area contributed by atoms with Crippen molar-refractivity contribution in [2.24, 2.45) is 0 Å². The number of carbonyl (C=O) groups excluding carboxylic acids is 1. The van der Waals surface area contributed by atoms with Gasteiger partial charge in [-0.25, -0.2) is 13.2 Å². The summed E-state index contributed by atoms with van der Waals surface area (Å²) in [7, 11) is -3.63. The molecule has 0 bridgehead atoms. The summed E-state index contributed by atoms with van der Waals surface area (Å²) in [6.07, 6.45) is -0.322. The molecule has 0 aromatic heterocycles. The van der Waals surface area contributed by atoms with E-state index in [9.17, 15) is 18.3 Å². The number of aliphatic hydroxyl groups is 1. The maximum atomic E-state index is 13.3. The summed E-state index contributed by atoms with van der Waals surface area (Å²) < 4.78 is 32.2. The first-order chi connectivity index (χ1) is 20.7. The van der Waals surface area contributed by atoms with Crippen LogP contribution in [0.1, 0.15) is 43.5 Å². The van der Waals surface area contributed by atoms with Gasteiger partial charge in [0.15, 0.2) is 9.84 Å². The molecule has 5 rings (SSSR count). The van der Waals surface area contributed by atoms with E-state index >= 15 is 0 Å². The van der Waals surface area contributed by atoms with Gasteiger partial charge in [-0.3, -0.25) is 4.90 Å². The van der Waals surface area contributed by atoms with Crippen molar-refractivity contribution in [1.29, 1.82) is 0 Å². The second-order valence-electron chi connectivity index (χ2n) is 12.8. The van der Waals surface area contributed by atoms with Crippen LogP contribution in [-0.2, 0) is 20.3 Å². The summed E-state index contributed by atoms with van der Waals surface area (Å²) in [6.45, 7) is 8.25. The van der Waals surface area contributed by atoms with Gasteiger partial charge in [-0.1, -0.05) is 59.6 Å². The van der Waals surface area contributed by atoms with Crippen LogP contribution in [0.3, 0.4) is 0 Å². The molecule has 11 heteroatoms. The van der Waals surface area contributed by atoms with Crippen LogP contribution in [-0.4, -0.2) is 85.6 Å². The number of piperazine rings is 1. The van der Waals surface area contributed by atoms with Crippen LogP contribution in [0.5, 0.6) is 0 Å². The number of amides is 1. The molecule has 3 aromatic rings. The molecule has 2 heterocycles. The van der Waals surface area contributed by atoms with Crippen LogP contribution < -0.4 is 4.90 Å². The molecule has 0 atom stereocenters. The van der Waals surface area contributed by atoms with Gasteiger partial charge in [0.25, 0.3) is 0 Å². The highest BCUT2D eigenvalue weighted by atomic mass is 35.5.